The number of H-pyrrole nitrogens is 1. The fraction of sp³-hybridized carbons (Fsp3) is 0.345. The fourth-order valence-corrected chi connectivity index (χ4v) is 5.79. The quantitative estimate of drug-likeness (QED) is 0.255. The number of nitrogens with zero attached hydrogens (tertiary/aromatic N) is 3. The molecule has 5 N–H and O–H groups in total. The number of aromatic nitrogens is 3. The number of ether oxygens (including phenoxy) is 1. The molecule has 0 spiro atoms. The van der Waals surface area contributed by atoms with Crippen molar-refractivity contribution in [1.29, 1.82) is 0 Å². The van der Waals surface area contributed by atoms with Crippen LogP contribution < -0.4 is 21.3 Å². The maximum atomic E-state index is 13.4. The third kappa shape index (κ3) is 5.51. The number of anilines is 3. The number of carbonyl (C=O) groups excluding carboxylic acids is 1. The number of hydrogen-bond acceptors (Lipinski definition) is 7. The molecule has 3 heterocycles. The van der Waals surface area contributed by atoms with Crippen molar-refractivity contribution in [2.24, 2.45) is 0 Å². The van der Waals surface area contributed by atoms with Gasteiger partial charge in [0.15, 0.2) is 0 Å². The second-order valence-electron chi connectivity index (χ2n) is 10.2. The number of fused-ring (bicyclic) bond motifs is 1. The summed E-state index contributed by atoms with van der Waals surface area (Å²) >= 11 is 6.52. The van der Waals surface area contributed by atoms with Crippen LogP contribution in [0.25, 0.3) is 22.2 Å². The number of halogens is 1. The molecule has 0 unspecified atom stereocenters. The third-order valence-electron chi connectivity index (χ3n) is 7.55. The van der Waals surface area contributed by atoms with Crippen LogP contribution in [-0.4, -0.2) is 59.2 Å². The average molecular weight is 546 g/mol. The highest BCUT2D eigenvalue weighted by atomic mass is 35.5. The Balaban J connectivity index is 1.15. The van der Waals surface area contributed by atoms with Crippen LogP contribution in [0, 0.1) is 0 Å². The van der Waals surface area contributed by atoms with Gasteiger partial charge in [-0.25, -0.2) is 9.97 Å². The van der Waals surface area contributed by atoms with Crippen molar-refractivity contribution in [2.75, 3.05) is 42.3 Å². The van der Waals surface area contributed by atoms with Crippen molar-refractivity contribution >= 4 is 45.7 Å². The van der Waals surface area contributed by atoms with Crippen molar-refractivity contribution in [2.45, 2.75) is 37.8 Å². The van der Waals surface area contributed by atoms with Gasteiger partial charge in [-0.3, -0.25) is 4.79 Å². The molecule has 2 aromatic heterocycles. The van der Waals surface area contributed by atoms with Crippen LogP contribution in [0.4, 0.5) is 17.3 Å². The van der Waals surface area contributed by atoms with Crippen LogP contribution in [0.5, 0.6) is 0 Å². The van der Waals surface area contributed by atoms with Gasteiger partial charge in [0.25, 0.3) is 5.91 Å². The first-order chi connectivity index (χ1) is 19.0. The van der Waals surface area contributed by atoms with Crippen LogP contribution in [0.1, 0.15) is 36.0 Å². The summed E-state index contributed by atoms with van der Waals surface area (Å²) in [5.41, 5.74) is 10.9. The Morgan fingerprint density at radius 3 is 2.82 bits per heavy atom. The molecular weight excluding hydrogens is 514 g/mol. The first kappa shape index (κ1) is 25.5. The van der Waals surface area contributed by atoms with Gasteiger partial charge in [-0.1, -0.05) is 29.8 Å². The van der Waals surface area contributed by atoms with Crippen LogP contribution >= 0.6 is 11.6 Å². The zero-order valence-electron chi connectivity index (χ0n) is 21.6. The molecular formula is C29H32ClN7O2. The number of hydrogen-bond donors (Lipinski definition) is 4. The number of nitrogen functional groups attached to an aromatic ring is 1. The molecule has 1 aliphatic carbocycles. The van der Waals surface area contributed by atoms with E-state index in [2.05, 4.69) is 25.5 Å². The molecule has 202 valence electrons. The number of carbonyl (C=O) groups is 1. The molecule has 2 aliphatic rings. The molecule has 10 heteroatoms. The average Bonchev–Trinajstić information content (AvgIpc) is 3.39. The standard InChI is InChI=1S/C29H32ClN7O2/c30-24-17-33-29(36-27(24)23-16-32-25-7-2-1-6-21(23)25)35-20-5-3-4-19(15-20)34-28(38)22-9-8-18(31)14-26(22)37-10-12-39-13-11-37/h1-2,6-9,14,16-17,19-20,32H,3-5,10-13,15,31H2,(H,34,38)(H,33,35,36)/t19-,20+/m0/s1. The van der Waals surface area contributed by atoms with Gasteiger partial charge in [0.2, 0.25) is 5.95 Å². The van der Waals surface area contributed by atoms with E-state index in [9.17, 15) is 4.79 Å². The van der Waals surface area contributed by atoms with Gasteiger partial charge < -0.3 is 31.0 Å². The summed E-state index contributed by atoms with van der Waals surface area (Å²) in [5, 5.41) is 8.32. The predicted octanol–water partition coefficient (Wildman–Crippen LogP) is 4.85. The van der Waals surface area contributed by atoms with E-state index in [0.29, 0.717) is 41.1 Å². The minimum atomic E-state index is -0.0773. The topological polar surface area (TPSA) is 121 Å². The lowest BCUT2D eigenvalue weighted by atomic mass is 9.90. The van der Waals surface area contributed by atoms with Crippen LogP contribution in [0.3, 0.4) is 0 Å². The van der Waals surface area contributed by atoms with E-state index < -0.39 is 0 Å². The van der Waals surface area contributed by atoms with Crippen LogP contribution in [0.2, 0.25) is 5.02 Å². The summed E-state index contributed by atoms with van der Waals surface area (Å²) in [6.07, 6.45) is 7.24. The van der Waals surface area contributed by atoms with Gasteiger partial charge in [-0.15, -0.1) is 0 Å². The summed E-state index contributed by atoms with van der Waals surface area (Å²) < 4.78 is 5.49. The molecule has 1 saturated carbocycles. The Bertz CT molecular complexity index is 1480. The van der Waals surface area contributed by atoms with E-state index in [1.807, 2.05) is 42.6 Å². The van der Waals surface area contributed by atoms with E-state index >= 15 is 0 Å². The van der Waals surface area contributed by atoms with Gasteiger partial charge in [-0.05, 0) is 49.9 Å². The Morgan fingerprint density at radius 2 is 1.95 bits per heavy atom. The largest absolute Gasteiger partial charge is 0.399 e. The number of rotatable bonds is 6. The lowest BCUT2D eigenvalue weighted by Gasteiger charge is -2.32. The first-order valence-electron chi connectivity index (χ1n) is 13.4. The number of morpholine rings is 1. The molecule has 0 bridgehead atoms. The molecule has 1 amide bonds. The van der Waals surface area contributed by atoms with Gasteiger partial charge in [0.05, 0.1) is 41.4 Å². The monoisotopic (exact) mass is 545 g/mol. The molecule has 2 atom stereocenters. The van der Waals surface area contributed by atoms with Crippen LogP contribution in [-0.2, 0) is 4.74 Å². The molecule has 1 saturated heterocycles. The Hall–Kier alpha value is -3.82. The van der Waals surface area contributed by atoms with Gasteiger partial charge >= 0.3 is 0 Å². The molecule has 2 aromatic carbocycles. The summed E-state index contributed by atoms with van der Waals surface area (Å²) in [5.74, 6) is 0.455. The molecule has 1 aliphatic heterocycles. The SMILES string of the molecule is Nc1ccc(C(=O)N[C@H]2CCC[C@@H](Nc3ncc(Cl)c(-c4c[nH]c5ccccc45)n3)C2)c(N2CCOCC2)c1. The summed E-state index contributed by atoms with van der Waals surface area (Å²) in [4.78, 5) is 28.1. The smallest absolute Gasteiger partial charge is 0.253 e. The molecule has 0 radical (unpaired) electrons. The molecule has 39 heavy (non-hydrogen) atoms. The van der Waals surface area contributed by atoms with Gasteiger partial charge in [-0.2, -0.15) is 0 Å². The summed E-state index contributed by atoms with van der Waals surface area (Å²) in [6.45, 7) is 2.75. The molecule has 9 nitrogen and oxygen atoms in total. The Labute approximate surface area is 232 Å². The number of benzene rings is 2. The van der Waals surface area contributed by atoms with Crippen molar-refractivity contribution in [3.63, 3.8) is 0 Å². The number of nitrogens with one attached hydrogen (secondary N) is 3. The van der Waals surface area contributed by atoms with Crippen molar-refractivity contribution in [3.05, 3.63) is 65.4 Å². The highest BCUT2D eigenvalue weighted by Gasteiger charge is 2.26. The third-order valence-corrected chi connectivity index (χ3v) is 7.83. The van der Waals surface area contributed by atoms with Gasteiger partial charge in [0.1, 0.15) is 0 Å². The zero-order chi connectivity index (χ0) is 26.8. The van der Waals surface area contributed by atoms with Crippen LogP contribution in [0.15, 0.2) is 54.9 Å². The minimum absolute atomic E-state index is 0.0410. The second-order valence-corrected chi connectivity index (χ2v) is 10.6. The molecule has 2 fully saturated rings. The molecule has 4 aromatic rings. The lowest BCUT2D eigenvalue weighted by molar-refractivity contribution is 0.0925. The van der Waals surface area contributed by atoms with E-state index in [1.54, 1.807) is 12.3 Å². The summed E-state index contributed by atoms with van der Waals surface area (Å²) in [7, 11) is 0. The lowest BCUT2D eigenvalue weighted by Crippen LogP contribution is -2.43. The number of aromatic amines is 1. The number of nitrogens with two attached hydrogens (primary N) is 1. The van der Waals surface area contributed by atoms with E-state index in [4.69, 9.17) is 27.1 Å². The number of para-hydroxylation sites is 1. The fourth-order valence-electron chi connectivity index (χ4n) is 5.60. The van der Waals surface area contributed by atoms with Crippen molar-refractivity contribution < 1.29 is 9.53 Å². The second kappa shape index (κ2) is 11.1. The normalized spacial score (nSPS) is 19.7. The maximum absolute atomic E-state index is 13.4. The first-order valence-corrected chi connectivity index (χ1v) is 13.8. The van der Waals surface area contributed by atoms with E-state index in [-0.39, 0.29) is 18.0 Å². The van der Waals surface area contributed by atoms with Gasteiger partial charge in [0, 0.05) is 53.5 Å². The minimum Gasteiger partial charge on any atom is -0.399 e. The Morgan fingerprint density at radius 1 is 1.13 bits per heavy atom. The van der Waals surface area contributed by atoms with E-state index in [0.717, 1.165) is 60.9 Å². The highest BCUT2D eigenvalue weighted by molar-refractivity contribution is 6.33. The zero-order valence-corrected chi connectivity index (χ0v) is 22.4. The highest BCUT2D eigenvalue weighted by Crippen LogP contribution is 2.33. The maximum Gasteiger partial charge on any atom is 0.253 e. The van der Waals surface area contributed by atoms with Crippen molar-refractivity contribution in [1.82, 2.24) is 20.3 Å². The number of amides is 1. The van der Waals surface area contributed by atoms with E-state index in [1.165, 1.54) is 0 Å². The summed E-state index contributed by atoms with van der Waals surface area (Å²) in [6, 6.07) is 13.7. The molecule has 6 rings (SSSR count). The Kier molecular flexibility index (Phi) is 7.26. The van der Waals surface area contributed by atoms with Crippen molar-refractivity contribution in [3.8, 4) is 11.3 Å². The predicted molar refractivity (Wildman–Crippen MR) is 155 cm³/mol.